The molecule has 0 N–H and O–H groups in total. The zero-order valence-corrected chi connectivity index (χ0v) is 30.2. The fourth-order valence-electron chi connectivity index (χ4n) is 6.79. The summed E-state index contributed by atoms with van der Waals surface area (Å²) >= 11 is 0. The van der Waals surface area contributed by atoms with Crippen molar-refractivity contribution in [1.29, 1.82) is 0 Å². The van der Waals surface area contributed by atoms with Gasteiger partial charge < -0.3 is 28.4 Å². The summed E-state index contributed by atoms with van der Waals surface area (Å²) in [6, 6.07) is 24.6. The topological polar surface area (TPSA) is 55.4 Å². The highest BCUT2D eigenvalue weighted by molar-refractivity contribution is 7.72. The molecule has 0 aromatic heterocycles. The molecule has 4 aromatic carbocycles. The van der Waals surface area contributed by atoms with E-state index >= 15 is 0 Å². The van der Waals surface area contributed by atoms with Gasteiger partial charge in [0, 0.05) is 21.7 Å². The van der Waals surface area contributed by atoms with Gasteiger partial charge in [-0.1, -0.05) is 77.9 Å². The first-order valence-corrected chi connectivity index (χ1v) is 18.4. The Morgan fingerprint density at radius 3 is 1.07 bits per heavy atom. The molecule has 0 radical (unpaired) electrons. The lowest BCUT2D eigenvalue weighted by atomic mass is 10.0. The first-order chi connectivity index (χ1) is 21.9. The molecule has 46 heavy (non-hydrogen) atoms. The fourth-order valence-corrected chi connectivity index (χ4v) is 13.7. The molecular weight excluding hydrogens is 614 g/mol. The van der Waals surface area contributed by atoms with Crippen LogP contribution in [0, 0.1) is 0 Å². The number of fused-ring (bicyclic) bond motifs is 2. The second kappa shape index (κ2) is 12.3. The Kier molecular flexibility index (Phi) is 8.68. The summed E-state index contributed by atoms with van der Waals surface area (Å²) in [6.45, 7) is 14.0. The van der Waals surface area contributed by atoms with E-state index < -0.39 is 15.8 Å². The van der Waals surface area contributed by atoms with Gasteiger partial charge in [0.2, 0.25) is 0 Å². The quantitative estimate of drug-likeness (QED) is 0.185. The maximum Gasteiger partial charge on any atom is 0.162 e. The summed E-state index contributed by atoms with van der Waals surface area (Å²) in [5, 5.41) is 2.27. The molecule has 0 saturated carbocycles. The molecule has 0 fully saturated rings. The molecule has 2 aliphatic heterocycles. The van der Waals surface area contributed by atoms with Gasteiger partial charge in [-0.3, -0.25) is 0 Å². The molecule has 0 saturated heterocycles. The van der Waals surface area contributed by atoms with Crippen LogP contribution in [0.2, 0.25) is 0 Å². The number of rotatable bonds is 7. The Hall–Kier alpha value is -3.46. The van der Waals surface area contributed by atoms with E-state index in [2.05, 4.69) is 77.9 Å². The third-order valence-corrected chi connectivity index (χ3v) is 15.4. The zero-order valence-electron chi connectivity index (χ0n) is 28.4. The van der Waals surface area contributed by atoms with Crippen LogP contribution in [0.15, 0.2) is 72.8 Å². The average Bonchev–Trinajstić information content (AvgIpc) is 3.63. The molecular formula is C38H44O6P2. The Morgan fingerprint density at radius 2 is 0.783 bits per heavy atom. The number of hydrogen-bond donors (Lipinski definition) is 0. The van der Waals surface area contributed by atoms with Gasteiger partial charge >= 0.3 is 0 Å². The molecule has 2 unspecified atom stereocenters. The van der Waals surface area contributed by atoms with Gasteiger partial charge in [0.05, 0.1) is 39.6 Å². The van der Waals surface area contributed by atoms with Gasteiger partial charge in [0.15, 0.2) is 11.7 Å². The normalized spacial score (nSPS) is 20.3. The maximum absolute atomic E-state index is 7.12. The van der Waals surface area contributed by atoms with Gasteiger partial charge in [0.1, 0.15) is 34.5 Å². The van der Waals surface area contributed by atoms with Crippen LogP contribution in [0.1, 0.15) is 41.5 Å². The van der Waals surface area contributed by atoms with E-state index in [0.717, 1.165) is 56.8 Å². The van der Waals surface area contributed by atoms with E-state index in [1.165, 1.54) is 10.6 Å². The molecule has 2 aliphatic rings. The smallest absolute Gasteiger partial charge is 0.162 e. The first kappa shape index (κ1) is 32.5. The van der Waals surface area contributed by atoms with Crippen molar-refractivity contribution in [2.24, 2.45) is 0 Å². The van der Waals surface area contributed by atoms with Gasteiger partial charge in [0.25, 0.3) is 0 Å². The van der Waals surface area contributed by atoms with Crippen molar-refractivity contribution < 1.29 is 28.4 Å². The predicted molar refractivity (Wildman–Crippen MR) is 191 cm³/mol. The van der Waals surface area contributed by atoms with Gasteiger partial charge in [-0.05, 0) is 62.6 Å². The van der Waals surface area contributed by atoms with Crippen molar-refractivity contribution in [3.05, 3.63) is 72.8 Å². The summed E-state index contributed by atoms with van der Waals surface area (Å²) in [6.07, 6.45) is 0. The van der Waals surface area contributed by atoms with Crippen LogP contribution in [0.3, 0.4) is 0 Å². The van der Waals surface area contributed by atoms with Crippen LogP contribution in [0.5, 0.6) is 34.5 Å². The van der Waals surface area contributed by atoms with Gasteiger partial charge in [-0.25, -0.2) is 0 Å². The molecule has 0 bridgehead atoms. The van der Waals surface area contributed by atoms with Crippen molar-refractivity contribution in [2.45, 2.75) is 63.5 Å². The number of ether oxygens (including phenoxy) is 6. The molecule has 0 spiro atoms. The number of methoxy groups -OCH3 is 4. The van der Waals surface area contributed by atoms with Crippen molar-refractivity contribution >= 4 is 26.5 Å². The number of benzene rings is 4. The predicted octanol–water partition coefficient (Wildman–Crippen LogP) is 9.00. The van der Waals surface area contributed by atoms with Crippen molar-refractivity contribution in [3.63, 3.8) is 0 Å². The van der Waals surface area contributed by atoms with E-state index in [4.69, 9.17) is 28.4 Å². The Morgan fingerprint density at radius 1 is 0.478 bits per heavy atom. The molecule has 4 atom stereocenters. The molecule has 4 aromatic rings. The van der Waals surface area contributed by atoms with Crippen molar-refractivity contribution in [3.8, 4) is 56.8 Å². The summed E-state index contributed by atoms with van der Waals surface area (Å²) in [5.74, 6) is 4.58. The standard InChI is InChI=1S/C38H44O6P2/c1-37(2,3)45-33-23(31-25(39-7)17-13-18-26(31)40-8)15-11-21-29(33)43-35(45)36-44-30-22-12-16-24(34(30)46(36)38(4,5)6)32-27(41-9)19-14-20-28(32)42-10/h11-22,35-36H,1-10H3/t35-,36-,45?,46?/m0/s1. The van der Waals surface area contributed by atoms with Crippen LogP contribution in [0.25, 0.3) is 22.3 Å². The second-order valence-electron chi connectivity index (χ2n) is 13.5. The number of hydrogen-bond acceptors (Lipinski definition) is 6. The molecule has 0 amide bonds. The highest BCUT2D eigenvalue weighted by atomic mass is 31.1. The van der Waals surface area contributed by atoms with Crippen LogP contribution in [-0.4, -0.2) is 50.4 Å². The summed E-state index contributed by atoms with van der Waals surface area (Å²) in [7, 11) is 5.03. The minimum absolute atomic E-state index is 0.0949. The van der Waals surface area contributed by atoms with Crippen LogP contribution in [0.4, 0.5) is 0 Å². The zero-order chi connectivity index (χ0) is 33.0. The van der Waals surface area contributed by atoms with Crippen LogP contribution in [-0.2, 0) is 0 Å². The van der Waals surface area contributed by atoms with Gasteiger partial charge in [-0.15, -0.1) is 0 Å². The lowest BCUT2D eigenvalue weighted by Gasteiger charge is -2.40. The molecule has 8 heteroatoms. The summed E-state index contributed by atoms with van der Waals surface area (Å²) in [4.78, 5) is 0. The minimum atomic E-state index is -0.906. The minimum Gasteiger partial charge on any atom is -0.496 e. The van der Waals surface area contributed by atoms with E-state index in [-0.39, 0.29) is 22.0 Å². The van der Waals surface area contributed by atoms with Gasteiger partial charge in [-0.2, -0.15) is 0 Å². The Labute approximate surface area is 275 Å². The third kappa shape index (κ3) is 5.38. The third-order valence-electron chi connectivity index (χ3n) is 8.57. The molecule has 6 rings (SSSR count). The van der Waals surface area contributed by atoms with Crippen molar-refractivity contribution in [1.82, 2.24) is 0 Å². The Balaban J connectivity index is 1.54. The lowest BCUT2D eigenvalue weighted by molar-refractivity contribution is 0.171. The van der Waals surface area contributed by atoms with Crippen molar-refractivity contribution in [2.75, 3.05) is 28.4 Å². The van der Waals surface area contributed by atoms with E-state index in [0.29, 0.717) is 0 Å². The molecule has 6 nitrogen and oxygen atoms in total. The van der Waals surface area contributed by atoms with E-state index in [1.54, 1.807) is 28.4 Å². The Bertz CT molecular complexity index is 1580. The molecule has 242 valence electrons. The average molecular weight is 659 g/mol. The van der Waals surface area contributed by atoms with Crippen LogP contribution >= 0.6 is 15.8 Å². The first-order valence-electron chi connectivity index (χ1n) is 15.5. The second-order valence-corrected chi connectivity index (χ2v) is 19.6. The molecule has 0 aliphatic carbocycles. The fraction of sp³-hybridized carbons (Fsp3) is 0.368. The van der Waals surface area contributed by atoms with E-state index in [9.17, 15) is 0 Å². The molecule has 2 heterocycles. The summed E-state index contributed by atoms with van der Waals surface area (Å²) in [5.41, 5.74) is 4.07. The lowest BCUT2D eigenvalue weighted by Crippen LogP contribution is -2.38. The van der Waals surface area contributed by atoms with E-state index in [1.807, 2.05) is 36.4 Å². The largest absolute Gasteiger partial charge is 0.496 e. The van der Waals surface area contributed by atoms with Crippen LogP contribution < -0.4 is 39.0 Å². The highest BCUT2D eigenvalue weighted by Gasteiger charge is 2.55. The maximum atomic E-state index is 7.12. The monoisotopic (exact) mass is 658 g/mol. The SMILES string of the molecule is COc1cccc(OC)c1-c1cccc2c1P(C(C)(C)C)[C@@H]([C@H]1Oc3cccc(-c4c(OC)cccc4OC)c3P1C(C)(C)C)O2. The highest BCUT2D eigenvalue weighted by Crippen LogP contribution is 2.70. The summed E-state index contributed by atoms with van der Waals surface area (Å²) < 4.78 is 37.8.